The first-order valence-corrected chi connectivity index (χ1v) is 6.40. The maximum Gasteiger partial charge on any atom is 0.0476 e. The van der Waals surface area contributed by atoms with Crippen LogP contribution in [-0.4, -0.2) is 19.8 Å². The third kappa shape index (κ3) is 4.64. The molecule has 2 nitrogen and oxygen atoms in total. The van der Waals surface area contributed by atoms with Crippen molar-refractivity contribution < 1.29 is 4.74 Å². The lowest BCUT2D eigenvalue weighted by Gasteiger charge is -2.13. The second-order valence-corrected chi connectivity index (χ2v) is 5.00. The Balaban J connectivity index is 2.39. The Morgan fingerprint density at radius 1 is 1.44 bits per heavy atom. The van der Waals surface area contributed by atoms with Crippen LogP contribution in [0.1, 0.15) is 24.5 Å². The number of benzene rings is 1. The normalized spacial score (nSPS) is 12.8. The molecule has 1 N–H and O–H groups in total. The molecule has 0 saturated carbocycles. The number of rotatable bonds is 6. The van der Waals surface area contributed by atoms with E-state index in [0.717, 1.165) is 19.6 Å². The second kappa shape index (κ2) is 7.05. The molecule has 0 heterocycles. The highest BCUT2D eigenvalue weighted by Gasteiger charge is 2.02. The van der Waals surface area contributed by atoms with Crippen molar-refractivity contribution in [3.63, 3.8) is 0 Å². The number of halogens is 1. The minimum atomic E-state index is 0.490. The van der Waals surface area contributed by atoms with Gasteiger partial charge >= 0.3 is 0 Å². The SMILES string of the molecule is COCCC(C)NCc1ccc(Br)c(C)c1. The van der Waals surface area contributed by atoms with E-state index in [1.165, 1.54) is 15.6 Å². The van der Waals surface area contributed by atoms with Gasteiger partial charge in [-0.25, -0.2) is 0 Å². The first kappa shape index (κ1) is 13.7. The summed E-state index contributed by atoms with van der Waals surface area (Å²) < 4.78 is 6.22. The summed E-state index contributed by atoms with van der Waals surface area (Å²) in [7, 11) is 1.74. The predicted octanol–water partition coefficient (Wildman–Crippen LogP) is 3.27. The Labute approximate surface area is 107 Å². The average Bonchev–Trinajstić information content (AvgIpc) is 2.28. The van der Waals surface area contributed by atoms with Crippen molar-refractivity contribution in [2.24, 2.45) is 0 Å². The molecule has 0 saturated heterocycles. The highest BCUT2D eigenvalue weighted by atomic mass is 79.9. The minimum absolute atomic E-state index is 0.490. The van der Waals surface area contributed by atoms with Gasteiger partial charge in [-0.15, -0.1) is 0 Å². The van der Waals surface area contributed by atoms with Gasteiger partial charge < -0.3 is 10.1 Å². The van der Waals surface area contributed by atoms with Crippen molar-refractivity contribution in [2.45, 2.75) is 32.9 Å². The van der Waals surface area contributed by atoms with Crippen molar-refractivity contribution in [3.05, 3.63) is 33.8 Å². The molecule has 1 unspecified atom stereocenters. The third-order valence-corrected chi connectivity index (χ3v) is 3.52. The first-order chi connectivity index (χ1) is 7.63. The number of nitrogens with one attached hydrogen (secondary N) is 1. The number of aryl methyl sites for hydroxylation is 1. The first-order valence-electron chi connectivity index (χ1n) is 5.61. The van der Waals surface area contributed by atoms with Gasteiger partial charge in [-0.3, -0.25) is 0 Å². The smallest absolute Gasteiger partial charge is 0.0476 e. The summed E-state index contributed by atoms with van der Waals surface area (Å²) >= 11 is 3.51. The van der Waals surface area contributed by atoms with E-state index in [0.29, 0.717) is 6.04 Å². The molecule has 90 valence electrons. The van der Waals surface area contributed by atoms with E-state index in [4.69, 9.17) is 4.74 Å². The zero-order chi connectivity index (χ0) is 12.0. The van der Waals surface area contributed by atoms with E-state index >= 15 is 0 Å². The van der Waals surface area contributed by atoms with Gasteiger partial charge in [-0.05, 0) is 37.5 Å². The van der Waals surface area contributed by atoms with Gasteiger partial charge in [-0.2, -0.15) is 0 Å². The van der Waals surface area contributed by atoms with E-state index in [1.807, 2.05) is 0 Å². The number of methoxy groups -OCH3 is 1. The highest BCUT2D eigenvalue weighted by Crippen LogP contribution is 2.17. The van der Waals surface area contributed by atoms with Gasteiger partial charge in [0.25, 0.3) is 0 Å². The molecule has 0 aliphatic rings. The zero-order valence-corrected chi connectivity index (χ0v) is 11.8. The van der Waals surface area contributed by atoms with Gasteiger partial charge in [0, 0.05) is 30.8 Å². The summed E-state index contributed by atoms with van der Waals surface area (Å²) in [5.74, 6) is 0. The van der Waals surface area contributed by atoms with Crippen LogP contribution in [0.15, 0.2) is 22.7 Å². The molecule has 0 spiro atoms. The molecule has 1 rings (SSSR count). The Kier molecular flexibility index (Phi) is 6.03. The number of ether oxygens (including phenoxy) is 1. The third-order valence-electron chi connectivity index (χ3n) is 2.63. The molecular formula is C13H20BrNO. The van der Waals surface area contributed by atoms with Crippen LogP contribution in [0, 0.1) is 6.92 Å². The van der Waals surface area contributed by atoms with Gasteiger partial charge in [0.05, 0.1) is 0 Å². The molecular weight excluding hydrogens is 266 g/mol. The highest BCUT2D eigenvalue weighted by molar-refractivity contribution is 9.10. The molecule has 1 aromatic carbocycles. The Bertz CT molecular complexity index is 328. The maximum atomic E-state index is 5.05. The second-order valence-electron chi connectivity index (χ2n) is 4.15. The largest absolute Gasteiger partial charge is 0.385 e. The van der Waals surface area contributed by atoms with Crippen LogP contribution >= 0.6 is 15.9 Å². The lowest BCUT2D eigenvalue weighted by molar-refractivity contribution is 0.184. The lowest BCUT2D eigenvalue weighted by atomic mass is 10.1. The average molecular weight is 286 g/mol. The van der Waals surface area contributed by atoms with Crippen LogP contribution in [-0.2, 0) is 11.3 Å². The van der Waals surface area contributed by atoms with Crippen LogP contribution in [0.5, 0.6) is 0 Å². The fourth-order valence-electron chi connectivity index (χ4n) is 1.51. The van der Waals surface area contributed by atoms with Gasteiger partial charge in [0.15, 0.2) is 0 Å². The summed E-state index contributed by atoms with van der Waals surface area (Å²) in [6.45, 7) is 6.03. The van der Waals surface area contributed by atoms with Crippen molar-refractivity contribution in [3.8, 4) is 0 Å². The zero-order valence-electron chi connectivity index (χ0n) is 10.2. The standard InChI is InChI=1S/C13H20BrNO/c1-10-8-12(4-5-13(10)14)9-15-11(2)6-7-16-3/h4-5,8,11,15H,6-7,9H2,1-3H3. The molecule has 0 aromatic heterocycles. The molecule has 0 aliphatic heterocycles. The molecule has 0 amide bonds. The quantitative estimate of drug-likeness (QED) is 0.866. The Morgan fingerprint density at radius 3 is 2.81 bits per heavy atom. The van der Waals surface area contributed by atoms with Gasteiger partial charge in [0.1, 0.15) is 0 Å². The summed E-state index contributed by atoms with van der Waals surface area (Å²) in [6.07, 6.45) is 1.05. The monoisotopic (exact) mass is 285 g/mol. The fraction of sp³-hybridized carbons (Fsp3) is 0.538. The number of hydrogen-bond acceptors (Lipinski definition) is 2. The molecule has 16 heavy (non-hydrogen) atoms. The molecule has 1 aromatic rings. The Morgan fingerprint density at radius 2 is 2.19 bits per heavy atom. The van der Waals surface area contributed by atoms with Crippen LogP contribution in [0.3, 0.4) is 0 Å². The van der Waals surface area contributed by atoms with Crippen molar-refractivity contribution >= 4 is 15.9 Å². The summed E-state index contributed by atoms with van der Waals surface area (Å²) in [5.41, 5.74) is 2.61. The van der Waals surface area contributed by atoms with E-state index in [-0.39, 0.29) is 0 Å². The van der Waals surface area contributed by atoms with Crippen molar-refractivity contribution in [1.29, 1.82) is 0 Å². The van der Waals surface area contributed by atoms with E-state index < -0.39 is 0 Å². The summed E-state index contributed by atoms with van der Waals surface area (Å²) in [5, 5.41) is 3.49. The van der Waals surface area contributed by atoms with E-state index in [9.17, 15) is 0 Å². The Hall–Kier alpha value is -0.380. The van der Waals surface area contributed by atoms with E-state index in [2.05, 4.69) is 53.3 Å². The van der Waals surface area contributed by atoms with Crippen molar-refractivity contribution in [2.75, 3.05) is 13.7 Å². The van der Waals surface area contributed by atoms with Gasteiger partial charge in [-0.1, -0.05) is 28.1 Å². The van der Waals surface area contributed by atoms with Crippen LogP contribution in [0.4, 0.5) is 0 Å². The van der Waals surface area contributed by atoms with Crippen LogP contribution < -0.4 is 5.32 Å². The molecule has 0 bridgehead atoms. The number of hydrogen-bond donors (Lipinski definition) is 1. The van der Waals surface area contributed by atoms with Gasteiger partial charge in [0.2, 0.25) is 0 Å². The summed E-state index contributed by atoms with van der Waals surface area (Å²) in [4.78, 5) is 0. The van der Waals surface area contributed by atoms with Crippen LogP contribution in [0.25, 0.3) is 0 Å². The minimum Gasteiger partial charge on any atom is -0.385 e. The molecule has 0 aliphatic carbocycles. The summed E-state index contributed by atoms with van der Waals surface area (Å²) in [6, 6.07) is 6.95. The molecule has 1 atom stereocenters. The van der Waals surface area contributed by atoms with E-state index in [1.54, 1.807) is 7.11 Å². The topological polar surface area (TPSA) is 21.3 Å². The molecule has 0 fully saturated rings. The lowest BCUT2D eigenvalue weighted by Crippen LogP contribution is -2.26. The predicted molar refractivity (Wildman–Crippen MR) is 71.7 cm³/mol. The van der Waals surface area contributed by atoms with Crippen molar-refractivity contribution in [1.82, 2.24) is 5.32 Å². The molecule has 0 radical (unpaired) electrons. The fourth-order valence-corrected chi connectivity index (χ4v) is 1.75. The molecule has 3 heteroatoms. The maximum absolute atomic E-state index is 5.05. The van der Waals surface area contributed by atoms with Crippen LogP contribution in [0.2, 0.25) is 0 Å².